The molecule has 0 bridgehead atoms. The van der Waals surface area contributed by atoms with Gasteiger partial charge in [-0.2, -0.15) is 0 Å². The van der Waals surface area contributed by atoms with Gasteiger partial charge in [0, 0.05) is 10.0 Å². The van der Waals surface area contributed by atoms with Gasteiger partial charge in [0.2, 0.25) is 0 Å². The summed E-state index contributed by atoms with van der Waals surface area (Å²) in [6.07, 6.45) is 1.95. The molecular weight excluding hydrogens is 271 g/mol. The quantitative estimate of drug-likeness (QED) is 0.849. The first-order valence-corrected chi connectivity index (χ1v) is 6.50. The van der Waals surface area contributed by atoms with E-state index < -0.39 is 6.10 Å². The van der Waals surface area contributed by atoms with Crippen LogP contribution in [0.15, 0.2) is 22.7 Å². The highest BCUT2D eigenvalue weighted by molar-refractivity contribution is 9.10. The fourth-order valence-electron chi connectivity index (χ4n) is 1.83. The van der Waals surface area contributed by atoms with Gasteiger partial charge in [-0.1, -0.05) is 42.6 Å². The van der Waals surface area contributed by atoms with Crippen molar-refractivity contribution in [1.82, 2.24) is 0 Å². The normalized spacial score (nSPS) is 13.1. The van der Waals surface area contributed by atoms with Crippen molar-refractivity contribution in [2.45, 2.75) is 39.2 Å². The Hall–Kier alpha value is -0.410. The third-order valence-electron chi connectivity index (χ3n) is 3.03. The van der Waals surface area contributed by atoms with Gasteiger partial charge in [-0.15, -0.1) is 0 Å². The van der Waals surface area contributed by atoms with Crippen LogP contribution < -0.4 is 0 Å². The molecule has 0 amide bonds. The molecule has 0 heterocycles. The van der Waals surface area contributed by atoms with Crippen LogP contribution in [-0.2, 0) is 0 Å². The van der Waals surface area contributed by atoms with Crippen LogP contribution in [0, 0.1) is 11.7 Å². The lowest BCUT2D eigenvalue weighted by Gasteiger charge is -2.18. The third-order valence-corrected chi connectivity index (χ3v) is 3.52. The lowest BCUT2D eigenvalue weighted by molar-refractivity contribution is 0.137. The third kappa shape index (κ3) is 3.56. The number of benzene rings is 1. The number of hydrogen-bond donors (Lipinski definition) is 1. The van der Waals surface area contributed by atoms with Gasteiger partial charge in [-0.25, -0.2) is 4.39 Å². The van der Waals surface area contributed by atoms with Crippen molar-refractivity contribution in [2.75, 3.05) is 0 Å². The maximum atomic E-state index is 13.5. The van der Waals surface area contributed by atoms with E-state index in [4.69, 9.17) is 0 Å². The van der Waals surface area contributed by atoms with E-state index in [2.05, 4.69) is 29.8 Å². The molecule has 1 atom stereocenters. The number of aliphatic hydroxyl groups is 1. The van der Waals surface area contributed by atoms with Crippen LogP contribution in [0.2, 0.25) is 0 Å². The summed E-state index contributed by atoms with van der Waals surface area (Å²) < 4.78 is 14.3. The molecule has 1 aromatic rings. The first-order valence-electron chi connectivity index (χ1n) is 5.71. The standard InChI is InChI=1S/C13H18BrFO/c1-3-9(4-2)7-13(16)11-8-10(14)5-6-12(11)15/h5-6,8-9,13,16H,3-4,7H2,1-2H3. The van der Waals surface area contributed by atoms with Gasteiger partial charge in [0.1, 0.15) is 5.82 Å². The van der Waals surface area contributed by atoms with Crippen LogP contribution in [0.5, 0.6) is 0 Å². The smallest absolute Gasteiger partial charge is 0.129 e. The Balaban J connectivity index is 2.79. The Morgan fingerprint density at radius 2 is 1.94 bits per heavy atom. The van der Waals surface area contributed by atoms with Crippen LogP contribution in [0.1, 0.15) is 44.8 Å². The first kappa shape index (κ1) is 13.7. The van der Waals surface area contributed by atoms with Gasteiger partial charge in [-0.05, 0) is 30.5 Å². The molecule has 0 aliphatic carbocycles. The summed E-state index contributed by atoms with van der Waals surface area (Å²) in [6, 6.07) is 4.68. The number of hydrogen-bond acceptors (Lipinski definition) is 1. The minimum Gasteiger partial charge on any atom is -0.388 e. The molecule has 0 aliphatic heterocycles. The Labute approximate surface area is 105 Å². The molecule has 0 spiro atoms. The van der Waals surface area contributed by atoms with Crippen molar-refractivity contribution in [3.05, 3.63) is 34.1 Å². The van der Waals surface area contributed by atoms with Crippen LogP contribution in [0.4, 0.5) is 4.39 Å². The summed E-state index contributed by atoms with van der Waals surface area (Å²) in [5, 5.41) is 10.00. The maximum Gasteiger partial charge on any atom is 0.129 e. The van der Waals surface area contributed by atoms with E-state index in [-0.39, 0.29) is 5.82 Å². The molecule has 0 fully saturated rings. The highest BCUT2D eigenvalue weighted by atomic mass is 79.9. The summed E-state index contributed by atoms with van der Waals surface area (Å²) in [5.74, 6) is 0.120. The summed E-state index contributed by atoms with van der Waals surface area (Å²) in [7, 11) is 0. The fourth-order valence-corrected chi connectivity index (χ4v) is 2.21. The van der Waals surface area contributed by atoms with Gasteiger partial charge in [-0.3, -0.25) is 0 Å². The SMILES string of the molecule is CCC(CC)CC(O)c1cc(Br)ccc1F. The molecule has 3 heteroatoms. The molecule has 0 saturated carbocycles. The van der Waals surface area contributed by atoms with E-state index >= 15 is 0 Å². The Bertz CT molecular complexity index is 337. The average Bonchev–Trinajstić information content (AvgIpc) is 2.28. The second-order valence-corrected chi connectivity index (χ2v) is 5.02. The molecule has 0 aliphatic rings. The Morgan fingerprint density at radius 3 is 2.50 bits per heavy atom. The van der Waals surface area contributed by atoms with E-state index in [1.165, 1.54) is 6.07 Å². The minimum absolute atomic E-state index is 0.332. The first-order chi connectivity index (χ1) is 7.58. The largest absolute Gasteiger partial charge is 0.388 e. The molecule has 16 heavy (non-hydrogen) atoms. The van der Waals surface area contributed by atoms with Gasteiger partial charge < -0.3 is 5.11 Å². The molecule has 90 valence electrons. The predicted molar refractivity (Wildman–Crippen MR) is 67.7 cm³/mol. The lowest BCUT2D eigenvalue weighted by Crippen LogP contribution is -2.07. The molecular formula is C13H18BrFO. The van der Waals surface area contributed by atoms with Crippen molar-refractivity contribution >= 4 is 15.9 Å². The monoisotopic (exact) mass is 288 g/mol. The molecule has 1 nitrogen and oxygen atoms in total. The fraction of sp³-hybridized carbons (Fsp3) is 0.538. The van der Waals surface area contributed by atoms with Crippen molar-refractivity contribution in [1.29, 1.82) is 0 Å². The van der Waals surface area contributed by atoms with Crippen molar-refractivity contribution in [3.63, 3.8) is 0 Å². The highest BCUT2D eigenvalue weighted by Crippen LogP contribution is 2.28. The van der Waals surface area contributed by atoms with Crippen LogP contribution in [0.25, 0.3) is 0 Å². The van der Waals surface area contributed by atoms with Crippen LogP contribution in [0.3, 0.4) is 0 Å². The van der Waals surface area contributed by atoms with E-state index in [0.717, 1.165) is 17.3 Å². The molecule has 1 unspecified atom stereocenters. The molecule has 1 rings (SSSR count). The average molecular weight is 289 g/mol. The minimum atomic E-state index is -0.706. The second-order valence-electron chi connectivity index (χ2n) is 4.10. The molecule has 0 saturated heterocycles. The molecule has 1 N–H and O–H groups in total. The molecule has 0 radical (unpaired) electrons. The van der Waals surface area contributed by atoms with Crippen LogP contribution in [-0.4, -0.2) is 5.11 Å². The topological polar surface area (TPSA) is 20.2 Å². The van der Waals surface area contributed by atoms with Gasteiger partial charge in [0.25, 0.3) is 0 Å². The summed E-state index contributed by atoms with van der Waals surface area (Å²) in [6.45, 7) is 4.19. The van der Waals surface area contributed by atoms with Crippen molar-refractivity contribution in [2.24, 2.45) is 5.92 Å². The lowest BCUT2D eigenvalue weighted by atomic mass is 9.93. The van der Waals surface area contributed by atoms with Crippen molar-refractivity contribution in [3.8, 4) is 0 Å². The van der Waals surface area contributed by atoms with Gasteiger partial charge in [0.15, 0.2) is 0 Å². The highest BCUT2D eigenvalue weighted by Gasteiger charge is 2.17. The van der Waals surface area contributed by atoms with E-state index in [9.17, 15) is 9.50 Å². The number of rotatable bonds is 5. The molecule has 1 aromatic carbocycles. The number of aliphatic hydroxyl groups excluding tert-OH is 1. The second kappa shape index (κ2) is 6.36. The van der Waals surface area contributed by atoms with E-state index in [0.29, 0.717) is 17.9 Å². The summed E-state index contributed by atoms with van der Waals surface area (Å²) in [5.41, 5.74) is 0.390. The van der Waals surface area contributed by atoms with Gasteiger partial charge >= 0.3 is 0 Å². The zero-order valence-electron chi connectivity index (χ0n) is 9.71. The van der Waals surface area contributed by atoms with Crippen LogP contribution >= 0.6 is 15.9 Å². The van der Waals surface area contributed by atoms with Gasteiger partial charge in [0.05, 0.1) is 6.10 Å². The predicted octanol–water partition coefficient (Wildman–Crippen LogP) is 4.45. The Kier molecular flexibility index (Phi) is 5.42. The zero-order valence-corrected chi connectivity index (χ0v) is 11.3. The zero-order chi connectivity index (χ0) is 12.1. The summed E-state index contributed by atoms with van der Waals surface area (Å²) >= 11 is 3.29. The summed E-state index contributed by atoms with van der Waals surface area (Å²) in [4.78, 5) is 0. The maximum absolute atomic E-state index is 13.5. The van der Waals surface area contributed by atoms with E-state index in [1.807, 2.05) is 0 Å². The molecule has 0 aromatic heterocycles. The van der Waals surface area contributed by atoms with Crippen molar-refractivity contribution < 1.29 is 9.50 Å². The Morgan fingerprint density at radius 1 is 1.31 bits per heavy atom. The number of halogens is 2. The van der Waals surface area contributed by atoms with E-state index in [1.54, 1.807) is 12.1 Å².